The number of β-amino-alcohol motifs (C(OH)–C–C–N with tert-alkyl or cyclic N) is 1. The van der Waals surface area contributed by atoms with Crippen LogP contribution in [0.15, 0.2) is 18.2 Å². The zero-order valence-corrected chi connectivity index (χ0v) is 14.7. The molecule has 2 aliphatic heterocycles. The number of aryl methyl sites for hydroxylation is 1. The molecule has 0 radical (unpaired) electrons. The van der Waals surface area contributed by atoms with Crippen molar-refractivity contribution in [1.29, 1.82) is 0 Å². The normalized spacial score (nSPS) is 20.2. The van der Waals surface area contributed by atoms with Gasteiger partial charge in [-0.15, -0.1) is 0 Å². The number of benzene rings is 1. The molecule has 2 fully saturated rings. The second-order valence-corrected chi connectivity index (χ2v) is 7.33. The van der Waals surface area contributed by atoms with Crippen molar-refractivity contribution in [3.63, 3.8) is 0 Å². The van der Waals surface area contributed by atoms with Gasteiger partial charge in [0.2, 0.25) is 5.91 Å². The lowest BCUT2D eigenvalue weighted by Gasteiger charge is -2.47. The lowest BCUT2D eigenvalue weighted by molar-refractivity contribution is -0.139. The van der Waals surface area contributed by atoms with Crippen molar-refractivity contribution in [3.8, 4) is 5.75 Å². The van der Waals surface area contributed by atoms with Crippen LogP contribution in [-0.4, -0.2) is 64.6 Å². The molecule has 2 saturated heterocycles. The maximum Gasteiger partial charge on any atom is 0.253 e. The summed E-state index contributed by atoms with van der Waals surface area (Å²) in [5.41, 5.74) is 1.33. The molecule has 0 aromatic heterocycles. The van der Waals surface area contributed by atoms with Crippen LogP contribution in [0.5, 0.6) is 5.75 Å². The average molecular weight is 346 g/mol. The van der Waals surface area contributed by atoms with Crippen molar-refractivity contribution in [2.24, 2.45) is 5.41 Å². The fourth-order valence-corrected chi connectivity index (χ4v) is 3.94. The van der Waals surface area contributed by atoms with Crippen molar-refractivity contribution < 1.29 is 19.8 Å². The van der Waals surface area contributed by atoms with Crippen LogP contribution < -0.4 is 0 Å². The van der Waals surface area contributed by atoms with E-state index in [4.69, 9.17) is 5.11 Å². The summed E-state index contributed by atoms with van der Waals surface area (Å²) in [5.74, 6) is 0.210. The minimum absolute atomic E-state index is 0.0106. The highest BCUT2D eigenvalue weighted by atomic mass is 16.3. The Morgan fingerprint density at radius 1 is 1.24 bits per heavy atom. The van der Waals surface area contributed by atoms with Gasteiger partial charge in [0.1, 0.15) is 5.75 Å². The van der Waals surface area contributed by atoms with Gasteiger partial charge in [-0.3, -0.25) is 9.59 Å². The fraction of sp³-hybridized carbons (Fsp3) is 0.579. The van der Waals surface area contributed by atoms with E-state index in [1.54, 1.807) is 24.0 Å². The van der Waals surface area contributed by atoms with Gasteiger partial charge in [0.25, 0.3) is 5.91 Å². The van der Waals surface area contributed by atoms with E-state index in [1.165, 1.54) is 6.07 Å². The first-order valence-corrected chi connectivity index (χ1v) is 8.92. The Kier molecular flexibility index (Phi) is 4.99. The summed E-state index contributed by atoms with van der Waals surface area (Å²) < 4.78 is 0. The third-order valence-electron chi connectivity index (χ3n) is 5.69. The van der Waals surface area contributed by atoms with Crippen LogP contribution in [0.3, 0.4) is 0 Å². The number of aliphatic hydroxyl groups is 1. The fourth-order valence-electron chi connectivity index (χ4n) is 3.94. The predicted octanol–water partition coefficient (Wildman–Crippen LogP) is 1.54. The number of carbonyl (C=O) groups is 2. The Labute approximate surface area is 148 Å². The molecular weight excluding hydrogens is 320 g/mol. The second-order valence-electron chi connectivity index (χ2n) is 7.33. The summed E-state index contributed by atoms with van der Waals surface area (Å²) in [5, 5.41) is 19.0. The van der Waals surface area contributed by atoms with Crippen LogP contribution in [0.4, 0.5) is 0 Å². The van der Waals surface area contributed by atoms with E-state index in [1.807, 2.05) is 4.90 Å². The molecule has 3 rings (SSSR count). The summed E-state index contributed by atoms with van der Waals surface area (Å²) in [7, 11) is 0. The molecule has 25 heavy (non-hydrogen) atoms. The number of hydrogen-bond donors (Lipinski definition) is 2. The molecule has 2 amide bonds. The Bertz CT molecular complexity index is 665. The molecule has 1 aromatic carbocycles. The van der Waals surface area contributed by atoms with Gasteiger partial charge in [-0.25, -0.2) is 0 Å². The van der Waals surface area contributed by atoms with Gasteiger partial charge in [-0.1, -0.05) is 6.07 Å². The molecule has 2 aliphatic rings. The van der Waals surface area contributed by atoms with E-state index in [0.29, 0.717) is 38.2 Å². The zero-order valence-electron chi connectivity index (χ0n) is 14.7. The maximum absolute atomic E-state index is 12.7. The standard InChI is InChI=1S/C19H26N2O4/c1-14-2-3-15(12-16(14)23)18(25)20-8-6-19(7-9-20)5-4-17(24)21(13-19)10-11-22/h2-3,12,22-23H,4-11,13H2,1H3. The summed E-state index contributed by atoms with van der Waals surface area (Å²) in [4.78, 5) is 28.2. The molecule has 2 heterocycles. The van der Waals surface area contributed by atoms with Gasteiger partial charge in [0.15, 0.2) is 0 Å². The van der Waals surface area contributed by atoms with Crippen LogP contribution in [0.2, 0.25) is 0 Å². The van der Waals surface area contributed by atoms with E-state index in [0.717, 1.165) is 24.8 Å². The first-order chi connectivity index (χ1) is 11.9. The maximum atomic E-state index is 12.7. The molecule has 6 nitrogen and oxygen atoms in total. The number of aromatic hydroxyl groups is 1. The smallest absolute Gasteiger partial charge is 0.253 e. The van der Waals surface area contributed by atoms with Crippen LogP contribution >= 0.6 is 0 Å². The SMILES string of the molecule is Cc1ccc(C(=O)N2CCC3(CCC(=O)N(CCO)C3)CC2)cc1O. The Hall–Kier alpha value is -2.08. The molecule has 136 valence electrons. The van der Waals surface area contributed by atoms with Gasteiger partial charge in [0, 0.05) is 38.2 Å². The van der Waals surface area contributed by atoms with Gasteiger partial charge < -0.3 is 20.0 Å². The van der Waals surface area contributed by atoms with Crippen LogP contribution in [0, 0.1) is 12.3 Å². The number of likely N-dealkylation sites (tertiary alicyclic amines) is 2. The minimum Gasteiger partial charge on any atom is -0.508 e. The number of piperidine rings is 2. The number of carbonyl (C=O) groups excluding carboxylic acids is 2. The first-order valence-electron chi connectivity index (χ1n) is 8.92. The quantitative estimate of drug-likeness (QED) is 0.870. The van der Waals surface area contributed by atoms with Crippen LogP contribution in [-0.2, 0) is 4.79 Å². The monoisotopic (exact) mass is 346 g/mol. The van der Waals surface area contributed by atoms with Crippen molar-refractivity contribution >= 4 is 11.8 Å². The van der Waals surface area contributed by atoms with Gasteiger partial charge in [0.05, 0.1) is 6.61 Å². The zero-order chi connectivity index (χ0) is 18.0. The summed E-state index contributed by atoms with van der Waals surface area (Å²) >= 11 is 0. The number of phenols is 1. The summed E-state index contributed by atoms with van der Waals surface area (Å²) in [6, 6.07) is 5.04. The minimum atomic E-state index is -0.0516. The second kappa shape index (κ2) is 7.04. The molecule has 1 spiro atoms. The molecule has 0 bridgehead atoms. The molecule has 0 aliphatic carbocycles. The average Bonchev–Trinajstić information content (AvgIpc) is 2.61. The molecule has 0 unspecified atom stereocenters. The third-order valence-corrected chi connectivity index (χ3v) is 5.69. The molecule has 1 aromatic rings. The third kappa shape index (κ3) is 3.63. The Balaban J connectivity index is 1.64. The number of nitrogens with zero attached hydrogens (tertiary/aromatic N) is 2. The van der Waals surface area contributed by atoms with Gasteiger partial charge >= 0.3 is 0 Å². The van der Waals surface area contributed by atoms with Crippen molar-refractivity contribution in [1.82, 2.24) is 9.80 Å². The van der Waals surface area contributed by atoms with Crippen molar-refractivity contribution in [2.75, 3.05) is 32.8 Å². The van der Waals surface area contributed by atoms with E-state index in [9.17, 15) is 14.7 Å². The van der Waals surface area contributed by atoms with Crippen LogP contribution in [0.25, 0.3) is 0 Å². The number of amides is 2. The molecule has 0 saturated carbocycles. The van der Waals surface area contributed by atoms with E-state index < -0.39 is 0 Å². The Morgan fingerprint density at radius 2 is 1.96 bits per heavy atom. The predicted molar refractivity (Wildman–Crippen MR) is 93.3 cm³/mol. The number of hydrogen-bond acceptors (Lipinski definition) is 4. The number of rotatable bonds is 3. The molecular formula is C19H26N2O4. The molecule has 0 atom stereocenters. The lowest BCUT2D eigenvalue weighted by Crippen LogP contribution is -2.52. The highest BCUT2D eigenvalue weighted by molar-refractivity contribution is 5.94. The van der Waals surface area contributed by atoms with Crippen molar-refractivity contribution in [3.05, 3.63) is 29.3 Å². The van der Waals surface area contributed by atoms with Gasteiger partial charge in [-0.05, 0) is 49.3 Å². The van der Waals surface area contributed by atoms with E-state index >= 15 is 0 Å². The van der Waals surface area contributed by atoms with Gasteiger partial charge in [-0.2, -0.15) is 0 Å². The Morgan fingerprint density at radius 3 is 2.60 bits per heavy atom. The van der Waals surface area contributed by atoms with Crippen LogP contribution in [0.1, 0.15) is 41.6 Å². The van der Waals surface area contributed by atoms with E-state index in [-0.39, 0.29) is 29.6 Å². The summed E-state index contributed by atoms with van der Waals surface area (Å²) in [6.45, 7) is 4.19. The number of aliphatic hydroxyl groups excluding tert-OH is 1. The highest BCUT2D eigenvalue weighted by Crippen LogP contribution is 2.40. The largest absolute Gasteiger partial charge is 0.508 e. The van der Waals surface area contributed by atoms with Crippen molar-refractivity contribution in [2.45, 2.75) is 32.6 Å². The number of phenolic OH excluding ortho intramolecular Hbond substituents is 1. The molecule has 2 N–H and O–H groups in total. The molecule has 6 heteroatoms. The highest BCUT2D eigenvalue weighted by Gasteiger charge is 2.41. The first kappa shape index (κ1) is 17.7. The summed E-state index contributed by atoms with van der Waals surface area (Å²) in [6.07, 6.45) is 3.12. The topological polar surface area (TPSA) is 81.1 Å². The van der Waals surface area contributed by atoms with E-state index in [2.05, 4.69) is 0 Å². The lowest BCUT2D eigenvalue weighted by atomic mass is 9.72.